The Morgan fingerprint density at radius 1 is 0.714 bits per heavy atom. The molecule has 35 heavy (non-hydrogen) atoms. The van der Waals surface area contributed by atoms with E-state index in [-0.39, 0.29) is 18.3 Å². The maximum Gasteiger partial charge on any atom is 0.494 e. The van der Waals surface area contributed by atoms with Crippen LogP contribution in [0, 0.1) is 0 Å². The van der Waals surface area contributed by atoms with Gasteiger partial charge in [0, 0.05) is 0 Å². The molecule has 4 heteroatoms. The van der Waals surface area contributed by atoms with Crippen molar-refractivity contribution in [2.45, 2.75) is 90.8 Å². The fourth-order valence-corrected chi connectivity index (χ4v) is 4.82. The normalized spacial score (nSPS) is 16.7. The van der Waals surface area contributed by atoms with Gasteiger partial charge in [-0.2, -0.15) is 0 Å². The molecule has 3 aromatic rings. The predicted octanol–water partition coefficient (Wildman–Crippen LogP) is 7.72. The van der Waals surface area contributed by atoms with Crippen LogP contribution in [-0.4, -0.2) is 25.4 Å². The molecule has 4 rings (SSSR count). The van der Waals surface area contributed by atoms with Crippen molar-refractivity contribution in [3.05, 3.63) is 60.2 Å². The number of rotatable bonds is 10. The molecular weight excluding hydrogens is 431 g/mol. The zero-order valence-corrected chi connectivity index (χ0v) is 22.4. The number of hydrogen-bond donors (Lipinski definition) is 0. The van der Waals surface area contributed by atoms with Crippen LogP contribution in [0.4, 0.5) is 0 Å². The van der Waals surface area contributed by atoms with Crippen molar-refractivity contribution in [1.29, 1.82) is 0 Å². The van der Waals surface area contributed by atoms with Crippen molar-refractivity contribution in [3.63, 3.8) is 0 Å². The van der Waals surface area contributed by atoms with Crippen LogP contribution < -0.4 is 10.2 Å². The second-order valence-electron chi connectivity index (χ2n) is 11.0. The second kappa shape index (κ2) is 10.8. The molecule has 0 unspecified atom stereocenters. The lowest BCUT2D eigenvalue weighted by Crippen LogP contribution is -2.41. The maximum atomic E-state index is 6.25. The number of methoxy groups -OCH3 is 1. The summed E-state index contributed by atoms with van der Waals surface area (Å²) in [7, 11) is 1.43. The highest BCUT2D eigenvalue weighted by molar-refractivity contribution is 6.62. The van der Waals surface area contributed by atoms with E-state index in [0.717, 1.165) is 17.6 Å². The fourth-order valence-electron chi connectivity index (χ4n) is 4.82. The van der Waals surface area contributed by atoms with Crippen molar-refractivity contribution in [2.24, 2.45) is 0 Å². The van der Waals surface area contributed by atoms with E-state index in [1.807, 2.05) is 0 Å². The highest BCUT2D eigenvalue weighted by Crippen LogP contribution is 2.37. The third kappa shape index (κ3) is 5.76. The van der Waals surface area contributed by atoms with Gasteiger partial charge in [-0.25, -0.2) is 0 Å². The number of fused-ring (bicyclic) bond motifs is 1. The first-order valence-electron chi connectivity index (χ1n) is 13.3. The minimum atomic E-state index is -0.338. The van der Waals surface area contributed by atoms with Crippen LogP contribution in [0.2, 0.25) is 0 Å². The van der Waals surface area contributed by atoms with Gasteiger partial charge in [-0.1, -0.05) is 75.4 Å². The van der Waals surface area contributed by atoms with Crippen molar-refractivity contribution in [3.8, 4) is 16.9 Å². The summed E-state index contributed by atoms with van der Waals surface area (Å²) in [6.07, 6.45) is 8.88. The van der Waals surface area contributed by atoms with Crippen molar-refractivity contribution in [1.82, 2.24) is 0 Å². The summed E-state index contributed by atoms with van der Waals surface area (Å²) in [6.45, 7) is 10.6. The van der Waals surface area contributed by atoms with Gasteiger partial charge in [0.15, 0.2) is 0 Å². The van der Waals surface area contributed by atoms with E-state index in [2.05, 4.69) is 89.2 Å². The standard InChI is InChI=1S/C31H41BO3/c1-7-8-9-10-11-12-13-27-21-25(17-19-29(27)33-6)23-14-15-26-22-28(18-16-24(26)20-23)32-34-30(2,3)31(4,5)35-32/h14-22H,7-13H2,1-6H3. The van der Waals surface area contributed by atoms with E-state index in [4.69, 9.17) is 14.0 Å². The molecular formula is C31H41BO3. The lowest BCUT2D eigenvalue weighted by molar-refractivity contribution is 0.00578. The summed E-state index contributed by atoms with van der Waals surface area (Å²) in [6, 6.07) is 19.8. The first kappa shape index (κ1) is 25.8. The van der Waals surface area contributed by atoms with Crippen LogP contribution in [0.5, 0.6) is 5.75 Å². The predicted molar refractivity (Wildman–Crippen MR) is 149 cm³/mol. The van der Waals surface area contributed by atoms with Crippen LogP contribution >= 0.6 is 0 Å². The molecule has 0 aliphatic carbocycles. The van der Waals surface area contributed by atoms with Gasteiger partial charge in [-0.05, 0) is 91.7 Å². The number of benzene rings is 3. The zero-order valence-electron chi connectivity index (χ0n) is 22.4. The number of unbranched alkanes of at least 4 members (excludes halogenated alkanes) is 5. The lowest BCUT2D eigenvalue weighted by Gasteiger charge is -2.32. The molecule has 0 N–H and O–H groups in total. The van der Waals surface area contributed by atoms with Crippen molar-refractivity contribution in [2.75, 3.05) is 7.11 Å². The summed E-state index contributed by atoms with van der Waals surface area (Å²) < 4.78 is 18.2. The third-order valence-electron chi connectivity index (χ3n) is 7.80. The molecule has 0 atom stereocenters. The van der Waals surface area contributed by atoms with E-state index >= 15 is 0 Å². The maximum absolute atomic E-state index is 6.25. The Morgan fingerprint density at radius 2 is 1.31 bits per heavy atom. The molecule has 3 aromatic carbocycles. The highest BCUT2D eigenvalue weighted by atomic mass is 16.7. The van der Waals surface area contributed by atoms with Gasteiger partial charge in [0.2, 0.25) is 0 Å². The van der Waals surface area contributed by atoms with Crippen LogP contribution in [0.25, 0.3) is 21.9 Å². The lowest BCUT2D eigenvalue weighted by atomic mass is 9.78. The zero-order chi connectivity index (χ0) is 25.1. The quantitative estimate of drug-likeness (QED) is 0.223. The van der Waals surface area contributed by atoms with Gasteiger partial charge in [-0.3, -0.25) is 0 Å². The molecule has 1 heterocycles. The number of aryl methyl sites for hydroxylation is 1. The number of hydrogen-bond acceptors (Lipinski definition) is 3. The Balaban J connectivity index is 1.51. The largest absolute Gasteiger partial charge is 0.496 e. The summed E-state index contributed by atoms with van der Waals surface area (Å²) in [5.41, 5.74) is 4.17. The monoisotopic (exact) mass is 472 g/mol. The average molecular weight is 472 g/mol. The molecule has 1 aliphatic heterocycles. The summed E-state index contributed by atoms with van der Waals surface area (Å²) in [5.74, 6) is 0.996. The summed E-state index contributed by atoms with van der Waals surface area (Å²) in [5, 5.41) is 2.41. The molecule has 0 spiro atoms. The van der Waals surface area contributed by atoms with Crippen molar-refractivity contribution < 1.29 is 14.0 Å². The Morgan fingerprint density at radius 3 is 2.03 bits per heavy atom. The van der Waals surface area contributed by atoms with Crippen LogP contribution in [-0.2, 0) is 15.7 Å². The van der Waals surface area contributed by atoms with E-state index in [9.17, 15) is 0 Å². The van der Waals surface area contributed by atoms with Gasteiger partial charge in [-0.15, -0.1) is 0 Å². The minimum absolute atomic E-state index is 0.335. The number of ether oxygens (including phenoxy) is 1. The SMILES string of the molecule is CCCCCCCCc1cc(-c2ccc3cc(B4OC(C)(C)C(C)(C)O4)ccc3c2)ccc1OC. The molecule has 1 saturated heterocycles. The molecule has 0 bridgehead atoms. The first-order valence-corrected chi connectivity index (χ1v) is 13.3. The molecule has 3 nitrogen and oxygen atoms in total. The Labute approximate surface area is 212 Å². The second-order valence-corrected chi connectivity index (χ2v) is 11.0. The smallest absolute Gasteiger partial charge is 0.494 e. The van der Waals surface area contributed by atoms with E-state index in [1.165, 1.54) is 66.0 Å². The van der Waals surface area contributed by atoms with Crippen LogP contribution in [0.3, 0.4) is 0 Å². The minimum Gasteiger partial charge on any atom is -0.496 e. The summed E-state index contributed by atoms with van der Waals surface area (Å²) in [4.78, 5) is 0. The molecule has 1 aliphatic rings. The fraction of sp³-hybridized carbons (Fsp3) is 0.484. The Hall–Kier alpha value is -2.30. The molecule has 0 aromatic heterocycles. The van der Waals surface area contributed by atoms with Gasteiger partial charge >= 0.3 is 7.12 Å². The van der Waals surface area contributed by atoms with Crippen LogP contribution in [0.1, 0.15) is 78.7 Å². The average Bonchev–Trinajstić information content (AvgIpc) is 3.07. The van der Waals surface area contributed by atoms with Gasteiger partial charge in [0.1, 0.15) is 5.75 Å². The molecule has 186 valence electrons. The summed E-state index contributed by atoms with van der Waals surface area (Å²) >= 11 is 0. The van der Waals surface area contributed by atoms with E-state index in [0.29, 0.717) is 0 Å². The van der Waals surface area contributed by atoms with Gasteiger partial charge < -0.3 is 14.0 Å². The Bertz CT molecular complexity index is 1140. The van der Waals surface area contributed by atoms with Gasteiger partial charge in [0.05, 0.1) is 18.3 Å². The van der Waals surface area contributed by atoms with Gasteiger partial charge in [0.25, 0.3) is 0 Å². The van der Waals surface area contributed by atoms with Crippen molar-refractivity contribution >= 4 is 23.4 Å². The topological polar surface area (TPSA) is 27.7 Å². The Kier molecular flexibility index (Phi) is 7.93. The highest BCUT2D eigenvalue weighted by Gasteiger charge is 2.51. The van der Waals surface area contributed by atoms with E-state index in [1.54, 1.807) is 7.11 Å². The third-order valence-corrected chi connectivity index (χ3v) is 7.80. The molecule has 1 fully saturated rings. The van der Waals surface area contributed by atoms with E-state index < -0.39 is 0 Å². The molecule has 0 radical (unpaired) electrons. The van der Waals surface area contributed by atoms with Crippen LogP contribution in [0.15, 0.2) is 54.6 Å². The molecule has 0 amide bonds. The molecule has 0 saturated carbocycles. The first-order chi connectivity index (χ1) is 16.7.